The number of nitriles is 1. The first kappa shape index (κ1) is 9.00. The van der Waals surface area contributed by atoms with Crippen LogP contribution in [-0.2, 0) is 0 Å². The number of hydrogen-bond acceptors (Lipinski definition) is 4. The number of pyridine rings is 1. The molecule has 5 heteroatoms. The predicted molar refractivity (Wildman–Crippen MR) is 43.8 cm³/mol. The molecule has 1 aromatic rings. The van der Waals surface area contributed by atoms with Crippen molar-refractivity contribution in [2.24, 2.45) is 0 Å². The third-order valence-electron chi connectivity index (χ3n) is 1.33. The molecule has 1 aromatic heterocycles. The van der Waals surface area contributed by atoms with E-state index in [0.29, 0.717) is 0 Å². The van der Waals surface area contributed by atoms with Crippen LogP contribution in [0.1, 0.15) is 10.5 Å². The second-order valence-electron chi connectivity index (χ2n) is 2.21. The van der Waals surface area contributed by atoms with E-state index >= 15 is 0 Å². The van der Waals surface area contributed by atoms with Gasteiger partial charge in [-0.1, -0.05) is 0 Å². The summed E-state index contributed by atoms with van der Waals surface area (Å²) in [5.74, 6) is -0.752. The molecule has 0 bridgehead atoms. The number of aromatic nitrogens is 1. The predicted octanol–water partition coefficient (Wildman–Crippen LogP) is 0.0406. The van der Waals surface area contributed by atoms with Crippen LogP contribution in [0.3, 0.4) is 0 Å². The van der Waals surface area contributed by atoms with Gasteiger partial charge >= 0.3 is 0 Å². The van der Waals surface area contributed by atoms with Gasteiger partial charge in [0.2, 0.25) is 0 Å². The fourth-order valence-electron chi connectivity index (χ4n) is 0.775. The van der Waals surface area contributed by atoms with Crippen LogP contribution in [0.15, 0.2) is 18.3 Å². The van der Waals surface area contributed by atoms with Crippen LogP contribution in [0.2, 0.25) is 0 Å². The Hall–Kier alpha value is -2.09. The minimum absolute atomic E-state index is 0.0715. The lowest BCUT2D eigenvalue weighted by atomic mass is 10.3. The van der Waals surface area contributed by atoms with Gasteiger partial charge in [0.05, 0.1) is 6.07 Å². The first-order chi connectivity index (χ1) is 6.25. The summed E-state index contributed by atoms with van der Waals surface area (Å²) in [6, 6.07) is 4.61. The maximum absolute atomic E-state index is 11.1. The molecule has 1 amide bonds. The topological polar surface area (TPSA) is 86.0 Å². The lowest BCUT2D eigenvalue weighted by molar-refractivity contribution is 0.0950. The number of carbonyl (C=O) groups excluding carboxylic acids is 1. The van der Waals surface area contributed by atoms with Crippen molar-refractivity contribution in [3.63, 3.8) is 0 Å². The highest BCUT2D eigenvalue weighted by Crippen LogP contribution is 2.11. The molecule has 0 aliphatic carbocycles. The van der Waals surface area contributed by atoms with Crippen LogP contribution in [0.5, 0.6) is 5.75 Å². The Labute approximate surface area is 74.6 Å². The Morgan fingerprint density at radius 3 is 3.15 bits per heavy atom. The summed E-state index contributed by atoms with van der Waals surface area (Å²) in [6.45, 7) is -0.102. The molecule has 0 saturated carbocycles. The molecule has 0 spiro atoms. The van der Waals surface area contributed by atoms with Crippen LogP contribution in [0.25, 0.3) is 0 Å². The maximum atomic E-state index is 11.1. The molecule has 0 saturated heterocycles. The molecule has 1 rings (SSSR count). The number of amides is 1. The second kappa shape index (κ2) is 4.07. The van der Waals surface area contributed by atoms with E-state index in [0.717, 1.165) is 0 Å². The summed E-state index contributed by atoms with van der Waals surface area (Å²) < 4.78 is 0. The Kier molecular flexibility index (Phi) is 2.82. The molecule has 0 atom stereocenters. The van der Waals surface area contributed by atoms with E-state index in [-0.39, 0.29) is 18.0 Å². The Bertz CT molecular complexity index is 357. The van der Waals surface area contributed by atoms with Gasteiger partial charge in [-0.05, 0) is 12.1 Å². The zero-order chi connectivity index (χ0) is 9.68. The molecule has 5 nitrogen and oxygen atoms in total. The fourth-order valence-corrected chi connectivity index (χ4v) is 0.775. The highest BCUT2D eigenvalue weighted by Gasteiger charge is 2.10. The van der Waals surface area contributed by atoms with Crippen molar-refractivity contribution in [3.8, 4) is 11.8 Å². The van der Waals surface area contributed by atoms with Crippen molar-refractivity contribution in [1.82, 2.24) is 10.3 Å². The monoisotopic (exact) mass is 177 g/mol. The number of nitrogens with one attached hydrogen (secondary N) is 1. The van der Waals surface area contributed by atoms with E-state index in [9.17, 15) is 9.90 Å². The summed E-state index contributed by atoms with van der Waals surface area (Å²) in [7, 11) is 0. The van der Waals surface area contributed by atoms with Crippen molar-refractivity contribution >= 4 is 5.91 Å². The first-order valence-corrected chi connectivity index (χ1v) is 3.55. The second-order valence-corrected chi connectivity index (χ2v) is 2.21. The van der Waals surface area contributed by atoms with Gasteiger partial charge in [0.15, 0.2) is 5.69 Å². The zero-order valence-electron chi connectivity index (χ0n) is 6.69. The van der Waals surface area contributed by atoms with Crippen molar-refractivity contribution in [3.05, 3.63) is 24.0 Å². The molecule has 2 N–H and O–H groups in total. The fraction of sp³-hybridized carbons (Fsp3) is 0.125. The van der Waals surface area contributed by atoms with Crippen molar-refractivity contribution in [2.75, 3.05) is 6.54 Å². The van der Waals surface area contributed by atoms with Crippen molar-refractivity contribution in [1.29, 1.82) is 5.26 Å². The molecule has 0 aliphatic heterocycles. The molecule has 0 fully saturated rings. The zero-order valence-corrected chi connectivity index (χ0v) is 6.69. The quantitative estimate of drug-likeness (QED) is 0.624. The first-order valence-electron chi connectivity index (χ1n) is 3.55. The van der Waals surface area contributed by atoms with Gasteiger partial charge in [-0.15, -0.1) is 0 Å². The molecular formula is C8H7N3O2. The van der Waals surface area contributed by atoms with Gasteiger partial charge in [0.25, 0.3) is 5.91 Å². The summed E-state index contributed by atoms with van der Waals surface area (Å²) >= 11 is 0. The van der Waals surface area contributed by atoms with Gasteiger partial charge in [-0.2, -0.15) is 5.26 Å². The number of hydrogen-bond donors (Lipinski definition) is 2. The van der Waals surface area contributed by atoms with Crippen LogP contribution in [0.4, 0.5) is 0 Å². The summed E-state index contributed by atoms with van der Waals surface area (Å²) in [5.41, 5.74) is -0.0715. The highest BCUT2D eigenvalue weighted by atomic mass is 16.3. The van der Waals surface area contributed by atoms with E-state index in [1.165, 1.54) is 18.3 Å². The molecule has 0 aliphatic rings. The smallest absolute Gasteiger partial charge is 0.274 e. The van der Waals surface area contributed by atoms with Gasteiger partial charge in [0.1, 0.15) is 12.3 Å². The third kappa shape index (κ3) is 2.17. The van der Waals surface area contributed by atoms with Crippen molar-refractivity contribution < 1.29 is 9.90 Å². The average molecular weight is 177 g/mol. The summed E-state index contributed by atoms with van der Waals surface area (Å²) in [6.07, 6.45) is 1.39. The van der Waals surface area contributed by atoms with Gasteiger partial charge in [-0.25, -0.2) is 4.98 Å². The largest absolute Gasteiger partial charge is 0.505 e. The van der Waals surface area contributed by atoms with Crippen LogP contribution in [-0.4, -0.2) is 22.5 Å². The van der Waals surface area contributed by atoms with Crippen molar-refractivity contribution in [2.45, 2.75) is 0 Å². The number of rotatable bonds is 2. The maximum Gasteiger partial charge on any atom is 0.274 e. The summed E-state index contributed by atoms with van der Waals surface area (Å²) in [5, 5.41) is 19.6. The molecule has 0 unspecified atom stereocenters. The van der Waals surface area contributed by atoms with Gasteiger partial charge in [-0.3, -0.25) is 4.79 Å². The molecule has 0 aromatic carbocycles. The van der Waals surface area contributed by atoms with Crippen LogP contribution < -0.4 is 5.32 Å². The summed E-state index contributed by atoms with van der Waals surface area (Å²) in [4.78, 5) is 14.8. The Morgan fingerprint density at radius 2 is 2.54 bits per heavy atom. The molecule has 66 valence electrons. The Morgan fingerprint density at radius 1 is 1.77 bits per heavy atom. The van der Waals surface area contributed by atoms with Gasteiger partial charge in [0, 0.05) is 6.20 Å². The minimum atomic E-state index is -0.556. The number of aromatic hydroxyl groups is 1. The standard InChI is InChI=1S/C8H7N3O2/c9-3-5-11-8(13)7-6(12)2-1-4-10-7/h1-2,4,12H,5H2,(H,11,13). The average Bonchev–Trinajstić information content (AvgIpc) is 2.15. The van der Waals surface area contributed by atoms with E-state index in [1.54, 1.807) is 6.07 Å². The lowest BCUT2D eigenvalue weighted by Crippen LogP contribution is -2.24. The Balaban J connectivity index is 2.78. The number of carbonyl (C=O) groups is 1. The van der Waals surface area contributed by atoms with Crippen LogP contribution >= 0.6 is 0 Å². The van der Waals surface area contributed by atoms with E-state index in [2.05, 4.69) is 10.3 Å². The highest BCUT2D eigenvalue weighted by molar-refractivity contribution is 5.94. The lowest BCUT2D eigenvalue weighted by Gasteiger charge is -2.00. The SMILES string of the molecule is N#CCNC(=O)c1ncccc1O. The van der Waals surface area contributed by atoms with E-state index in [1.807, 2.05) is 0 Å². The molecular weight excluding hydrogens is 170 g/mol. The molecule has 13 heavy (non-hydrogen) atoms. The number of nitrogens with zero attached hydrogens (tertiary/aromatic N) is 2. The normalized spacial score (nSPS) is 8.85. The molecule has 1 heterocycles. The molecule has 0 radical (unpaired) electrons. The third-order valence-corrected chi connectivity index (χ3v) is 1.33. The van der Waals surface area contributed by atoms with E-state index < -0.39 is 5.91 Å². The van der Waals surface area contributed by atoms with Crippen LogP contribution in [0, 0.1) is 11.3 Å². The van der Waals surface area contributed by atoms with Gasteiger partial charge < -0.3 is 10.4 Å². The minimum Gasteiger partial charge on any atom is -0.505 e. The van der Waals surface area contributed by atoms with E-state index in [4.69, 9.17) is 5.26 Å².